The average molecular weight is 415 g/mol. The second-order valence-corrected chi connectivity index (χ2v) is 8.24. The Morgan fingerprint density at radius 1 is 1.14 bits per heavy atom. The van der Waals surface area contributed by atoms with Gasteiger partial charge in [-0.25, -0.2) is 4.79 Å². The molecule has 166 valence electrons. The van der Waals surface area contributed by atoms with Gasteiger partial charge >= 0.3 is 5.97 Å². The second-order valence-electron chi connectivity index (χ2n) is 8.24. The van der Waals surface area contributed by atoms with E-state index in [4.69, 9.17) is 15.9 Å². The molecule has 1 fully saturated rings. The summed E-state index contributed by atoms with van der Waals surface area (Å²) >= 11 is 0. The van der Waals surface area contributed by atoms with Crippen LogP contribution in [0.2, 0.25) is 0 Å². The predicted octanol–water partition coefficient (Wildman–Crippen LogP) is -0.947. The van der Waals surface area contributed by atoms with Crippen LogP contribution in [0.1, 0.15) is 47.0 Å². The number of likely N-dealkylation sites (tertiary alicyclic amines) is 1. The molecule has 10 heteroatoms. The first-order valence-corrected chi connectivity index (χ1v) is 10.00. The number of carboxylic acid groups (broad SMARTS) is 1. The number of aliphatic hydroxyl groups is 1. The van der Waals surface area contributed by atoms with Crippen molar-refractivity contribution in [1.29, 1.82) is 0 Å². The normalized spacial score (nSPS) is 19.7. The highest BCUT2D eigenvalue weighted by atomic mass is 16.4. The summed E-state index contributed by atoms with van der Waals surface area (Å²) in [6.45, 7) is 6.99. The molecule has 0 spiro atoms. The fourth-order valence-electron chi connectivity index (χ4n) is 3.36. The number of rotatable bonds is 10. The zero-order valence-corrected chi connectivity index (χ0v) is 17.6. The maximum Gasteiger partial charge on any atom is 0.328 e. The predicted molar refractivity (Wildman–Crippen MR) is 106 cm³/mol. The van der Waals surface area contributed by atoms with E-state index in [1.54, 1.807) is 13.8 Å². The number of aliphatic hydroxyl groups excluding tert-OH is 1. The van der Waals surface area contributed by atoms with Crippen LogP contribution in [0.4, 0.5) is 0 Å². The van der Waals surface area contributed by atoms with Gasteiger partial charge in [0.1, 0.15) is 18.1 Å². The number of nitrogens with two attached hydrogens (primary N) is 1. The third kappa shape index (κ3) is 6.97. The lowest BCUT2D eigenvalue weighted by Gasteiger charge is -2.30. The second kappa shape index (κ2) is 11.1. The number of hydrogen-bond donors (Lipinski definition) is 5. The topological polar surface area (TPSA) is 162 Å². The molecule has 0 aromatic carbocycles. The summed E-state index contributed by atoms with van der Waals surface area (Å²) in [6, 6.07) is -3.87. The molecular weight excluding hydrogens is 380 g/mol. The van der Waals surface area contributed by atoms with Crippen LogP contribution in [-0.2, 0) is 19.2 Å². The summed E-state index contributed by atoms with van der Waals surface area (Å²) in [5.41, 5.74) is 5.99. The summed E-state index contributed by atoms with van der Waals surface area (Å²) < 4.78 is 0. The van der Waals surface area contributed by atoms with Gasteiger partial charge in [-0.05, 0) is 31.1 Å². The van der Waals surface area contributed by atoms with Crippen LogP contribution in [0.25, 0.3) is 0 Å². The molecule has 0 aromatic heterocycles. The van der Waals surface area contributed by atoms with Crippen molar-refractivity contribution >= 4 is 23.7 Å². The van der Waals surface area contributed by atoms with Crippen molar-refractivity contribution < 1.29 is 29.4 Å². The fraction of sp³-hybridized carbons (Fsp3) is 0.789. The van der Waals surface area contributed by atoms with Crippen molar-refractivity contribution in [3.8, 4) is 0 Å². The number of nitrogens with one attached hydrogen (secondary N) is 2. The van der Waals surface area contributed by atoms with Crippen molar-refractivity contribution in [2.45, 2.75) is 71.1 Å². The number of amides is 3. The first-order chi connectivity index (χ1) is 13.5. The summed E-state index contributed by atoms with van der Waals surface area (Å²) in [5.74, 6) is -2.93. The summed E-state index contributed by atoms with van der Waals surface area (Å²) in [6.07, 6.45) is 1.63. The van der Waals surface area contributed by atoms with Crippen LogP contribution >= 0.6 is 0 Å². The van der Waals surface area contributed by atoms with E-state index in [0.29, 0.717) is 25.8 Å². The minimum Gasteiger partial charge on any atom is -0.480 e. The molecule has 4 unspecified atom stereocenters. The van der Waals surface area contributed by atoms with Gasteiger partial charge in [-0.15, -0.1) is 0 Å². The number of hydrogen-bond acceptors (Lipinski definition) is 6. The molecule has 10 nitrogen and oxygen atoms in total. The molecule has 0 aromatic rings. The molecule has 1 saturated heterocycles. The van der Waals surface area contributed by atoms with Gasteiger partial charge in [-0.1, -0.05) is 27.7 Å². The lowest BCUT2D eigenvalue weighted by atomic mass is 10.0. The van der Waals surface area contributed by atoms with Gasteiger partial charge in [-0.2, -0.15) is 0 Å². The quantitative estimate of drug-likeness (QED) is 0.308. The highest BCUT2D eigenvalue weighted by molar-refractivity contribution is 5.94. The van der Waals surface area contributed by atoms with E-state index in [1.807, 2.05) is 13.8 Å². The van der Waals surface area contributed by atoms with E-state index in [2.05, 4.69) is 10.6 Å². The van der Waals surface area contributed by atoms with Crippen molar-refractivity contribution in [2.24, 2.45) is 17.6 Å². The van der Waals surface area contributed by atoms with Gasteiger partial charge in [0.2, 0.25) is 17.7 Å². The Labute approximate surface area is 171 Å². The number of aliphatic carboxylic acids is 1. The van der Waals surface area contributed by atoms with E-state index >= 15 is 0 Å². The van der Waals surface area contributed by atoms with E-state index < -0.39 is 48.6 Å². The molecule has 0 radical (unpaired) electrons. The maximum atomic E-state index is 12.8. The fourth-order valence-corrected chi connectivity index (χ4v) is 3.36. The Balaban J connectivity index is 2.84. The van der Waals surface area contributed by atoms with Crippen molar-refractivity contribution in [2.75, 3.05) is 13.2 Å². The Hall–Kier alpha value is -2.20. The molecule has 1 heterocycles. The first kappa shape index (κ1) is 24.8. The molecule has 29 heavy (non-hydrogen) atoms. The molecule has 1 aliphatic heterocycles. The minimum absolute atomic E-state index is 0.242. The van der Waals surface area contributed by atoms with Crippen LogP contribution in [0.15, 0.2) is 0 Å². The molecule has 0 aliphatic carbocycles. The van der Waals surface area contributed by atoms with Gasteiger partial charge in [0, 0.05) is 6.54 Å². The highest BCUT2D eigenvalue weighted by Crippen LogP contribution is 2.20. The van der Waals surface area contributed by atoms with Gasteiger partial charge in [0.15, 0.2) is 0 Å². The smallest absolute Gasteiger partial charge is 0.328 e. The van der Waals surface area contributed by atoms with Crippen LogP contribution in [0.5, 0.6) is 0 Å². The highest BCUT2D eigenvalue weighted by Gasteiger charge is 2.38. The third-order valence-corrected chi connectivity index (χ3v) is 4.93. The summed E-state index contributed by atoms with van der Waals surface area (Å²) in [5, 5.41) is 22.9. The first-order valence-electron chi connectivity index (χ1n) is 10.00. The Morgan fingerprint density at radius 3 is 2.24 bits per heavy atom. The van der Waals surface area contributed by atoms with E-state index in [0.717, 1.165) is 0 Å². The number of carbonyl (C=O) groups is 4. The Kier molecular flexibility index (Phi) is 9.51. The molecule has 0 bridgehead atoms. The molecule has 6 N–H and O–H groups in total. The molecule has 0 saturated carbocycles. The van der Waals surface area contributed by atoms with Crippen LogP contribution in [0.3, 0.4) is 0 Å². The molecule has 1 aliphatic rings. The molecule has 1 rings (SSSR count). The van der Waals surface area contributed by atoms with Gasteiger partial charge in [-0.3, -0.25) is 14.4 Å². The van der Waals surface area contributed by atoms with Gasteiger partial charge in [0.05, 0.1) is 12.6 Å². The third-order valence-electron chi connectivity index (χ3n) is 4.93. The SMILES string of the molecule is CC(C)CC(N)C(=O)N1CCCC1C(=O)NC(C(=O)NC(CO)C(=O)O)C(C)C. The zero-order valence-electron chi connectivity index (χ0n) is 17.6. The monoisotopic (exact) mass is 414 g/mol. The van der Waals surface area contributed by atoms with Crippen LogP contribution in [-0.4, -0.2) is 76.1 Å². The summed E-state index contributed by atoms with van der Waals surface area (Å²) in [4.78, 5) is 50.4. The minimum atomic E-state index is -1.46. The standard InChI is InChI=1S/C19H34N4O6/c1-10(2)8-12(20)18(27)23-7-5-6-14(23)16(25)22-15(11(3)4)17(26)21-13(9-24)19(28)29/h10-15,24H,5-9,20H2,1-4H3,(H,21,26)(H,22,25)(H,28,29). The lowest BCUT2D eigenvalue weighted by Crippen LogP contribution is -2.58. The Morgan fingerprint density at radius 2 is 1.76 bits per heavy atom. The molecular formula is C19H34N4O6. The van der Waals surface area contributed by atoms with Gasteiger partial charge in [0.25, 0.3) is 0 Å². The number of carboxylic acids is 1. The van der Waals surface area contributed by atoms with Crippen LogP contribution < -0.4 is 16.4 Å². The number of carbonyl (C=O) groups excluding carboxylic acids is 3. The van der Waals surface area contributed by atoms with Crippen molar-refractivity contribution in [1.82, 2.24) is 15.5 Å². The van der Waals surface area contributed by atoms with E-state index in [1.165, 1.54) is 4.90 Å². The van der Waals surface area contributed by atoms with Gasteiger partial charge < -0.3 is 31.5 Å². The summed E-state index contributed by atoms with van der Waals surface area (Å²) in [7, 11) is 0. The maximum absolute atomic E-state index is 12.8. The van der Waals surface area contributed by atoms with E-state index in [-0.39, 0.29) is 17.7 Å². The largest absolute Gasteiger partial charge is 0.480 e. The lowest BCUT2D eigenvalue weighted by molar-refractivity contribution is -0.144. The van der Waals surface area contributed by atoms with Crippen molar-refractivity contribution in [3.63, 3.8) is 0 Å². The number of nitrogens with zero attached hydrogens (tertiary/aromatic N) is 1. The zero-order chi connectivity index (χ0) is 22.3. The molecule has 4 atom stereocenters. The Bertz CT molecular complexity index is 610. The van der Waals surface area contributed by atoms with E-state index in [9.17, 15) is 19.2 Å². The average Bonchev–Trinajstić information content (AvgIpc) is 3.11. The molecule has 3 amide bonds. The van der Waals surface area contributed by atoms with Crippen molar-refractivity contribution in [3.05, 3.63) is 0 Å². The van der Waals surface area contributed by atoms with Crippen LogP contribution in [0, 0.1) is 11.8 Å².